The molecule has 0 radical (unpaired) electrons. The molecule has 0 aliphatic carbocycles. The Bertz CT molecular complexity index is 902. The molecule has 0 spiro atoms. The van der Waals surface area contributed by atoms with E-state index < -0.39 is 0 Å². The Morgan fingerprint density at radius 1 is 0.448 bits per heavy atom. The fraction of sp³-hybridized carbons (Fsp3) is 0.111. The fourth-order valence-electron chi connectivity index (χ4n) is 3.19. The molecule has 0 saturated carbocycles. The van der Waals surface area contributed by atoms with Crippen LogP contribution in [0.2, 0.25) is 0 Å². The van der Waals surface area contributed by atoms with Crippen LogP contribution in [-0.2, 0) is 9.47 Å². The Morgan fingerprint density at radius 3 is 1.17 bits per heavy atom. The standard InChI is InChI=1S/C27H24O2/c1-4-10-22(11-5-1)16-19-25-26(20-17-23-12-6-2-7-13-23)29-27(28-25)21-18-24-14-8-3-9-15-24/h1-21,25-27H/b19-16+,20-17+,21-18+. The highest BCUT2D eigenvalue weighted by Gasteiger charge is 2.31. The Balaban J connectivity index is 1.50. The quantitative estimate of drug-likeness (QED) is 0.504. The highest BCUT2D eigenvalue weighted by Crippen LogP contribution is 2.24. The lowest BCUT2D eigenvalue weighted by Gasteiger charge is -2.08. The summed E-state index contributed by atoms with van der Waals surface area (Å²) in [5.41, 5.74) is 3.41. The van der Waals surface area contributed by atoms with Gasteiger partial charge in [-0.1, -0.05) is 121 Å². The van der Waals surface area contributed by atoms with Crippen LogP contribution in [0.5, 0.6) is 0 Å². The maximum Gasteiger partial charge on any atom is 0.178 e. The summed E-state index contributed by atoms with van der Waals surface area (Å²) in [5, 5.41) is 0. The molecule has 2 unspecified atom stereocenters. The molecule has 144 valence electrons. The molecule has 3 aromatic rings. The molecule has 2 heteroatoms. The Hall–Kier alpha value is -3.20. The zero-order valence-electron chi connectivity index (χ0n) is 16.2. The monoisotopic (exact) mass is 380 g/mol. The summed E-state index contributed by atoms with van der Waals surface area (Å²) < 4.78 is 12.3. The summed E-state index contributed by atoms with van der Waals surface area (Å²) in [5.74, 6) is 0. The lowest BCUT2D eigenvalue weighted by atomic mass is 10.1. The molecule has 0 bridgehead atoms. The molecule has 0 aromatic heterocycles. The molecule has 2 nitrogen and oxygen atoms in total. The van der Waals surface area contributed by atoms with Crippen molar-refractivity contribution in [3.8, 4) is 0 Å². The van der Waals surface area contributed by atoms with E-state index in [2.05, 4.69) is 60.7 Å². The molecular formula is C27H24O2. The summed E-state index contributed by atoms with van der Waals surface area (Å²) in [4.78, 5) is 0. The van der Waals surface area contributed by atoms with Gasteiger partial charge >= 0.3 is 0 Å². The molecule has 1 aliphatic heterocycles. The first-order valence-corrected chi connectivity index (χ1v) is 9.87. The summed E-state index contributed by atoms with van der Waals surface area (Å²) in [6.07, 6.45) is 11.6. The van der Waals surface area contributed by atoms with E-state index in [1.165, 1.54) is 0 Å². The molecule has 29 heavy (non-hydrogen) atoms. The predicted octanol–water partition coefficient (Wildman–Crippen LogP) is 6.24. The largest absolute Gasteiger partial charge is 0.338 e. The summed E-state index contributed by atoms with van der Waals surface area (Å²) in [6.45, 7) is 0. The van der Waals surface area contributed by atoms with Crippen molar-refractivity contribution in [1.29, 1.82) is 0 Å². The summed E-state index contributed by atoms with van der Waals surface area (Å²) >= 11 is 0. The smallest absolute Gasteiger partial charge is 0.178 e. The number of benzene rings is 3. The van der Waals surface area contributed by atoms with Gasteiger partial charge in [-0.15, -0.1) is 0 Å². The third-order valence-corrected chi connectivity index (χ3v) is 4.71. The van der Waals surface area contributed by atoms with Crippen molar-refractivity contribution in [3.05, 3.63) is 126 Å². The fourth-order valence-corrected chi connectivity index (χ4v) is 3.19. The van der Waals surface area contributed by atoms with Gasteiger partial charge in [-0.25, -0.2) is 0 Å². The minimum Gasteiger partial charge on any atom is -0.338 e. The van der Waals surface area contributed by atoms with Gasteiger partial charge in [0.1, 0.15) is 12.2 Å². The van der Waals surface area contributed by atoms with Crippen molar-refractivity contribution >= 4 is 18.2 Å². The van der Waals surface area contributed by atoms with Gasteiger partial charge in [-0.2, -0.15) is 0 Å². The van der Waals surface area contributed by atoms with Crippen LogP contribution in [0, 0.1) is 0 Å². The highest BCUT2D eigenvalue weighted by atomic mass is 16.7. The van der Waals surface area contributed by atoms with Gasteiger partial charge in [-0.3, -0.25) is 0 Å². The van der Waals surface area contributed by atoms with Crippen LogP contribution in [0.3, 0.4) is 0 Å². The van der Waals surface area contributed by atoms with Crippen molar-refractivity contribution in [2.45, 2.75) is 18.5 Å². The van der Waals surface area contributed by atoms with E-state index in [0.717, 1.165) is 16.7 Å². The first-order chi connectivity index (χ1) is 14.4. The molecular weight excluding hydrogens is 356 g/mol. The maximum atomic E-state index is 6.16. The van der Waals surface area contributed by atoms with Crippen LogP contribution >= 0.6 is 0 Å². The predicted molar refractivity (Wildman–Crippen MR) is 120 cm³/mol. The lowest BCUT2D eigenvalue weighted by molar-refractivity contribution is -0.0177. The molecule has 2 atom stereocenters. The normalized spacial score (nSPS) is 22.1. The minimum absolute atomic E-state index is 0.152. The van der Waals surface area contributed by atoms with Crippen LogP contribution in [-0.4, -0.2) is 18.5 Å². The molecule has 1 heterocycles. The Labute approximate surface area is 172 Å². The number of hydrogen-bond acceptors (Lipinski definition) is 2. The second-order valence-corrected chi connectivity index (χ2v) is 6.88. The van der Waals surface area contributed by atoms with Crippen molar-refractivity contribution in [2.24, 2.45) is 0 Å². The first-order valence-electron chi connectivity index (χ1n) is 9.87. The minimum atomic E-state index is -0.383. The third-order valence-electron chi connectivity index (χ3n) is 4.71. The van der Waals surface area contributed by atoms with Crippen LogP contribution in [0.4, 0.5) is 0 Å². The molecule has 0 amide bonds. The molecule has 0 N–H and O–H groups in total. The lowest BCUT2D eigenvalue weighted by Crippen LogP contribution is -2.17. The summed E-state index contributed by atoms with van der Waals surface area (Å²) in [7, 11) is 0. The van der Waals surface area contributed by atoms with Crippen LogP contribution < -0.4 is 0 Å². The van der Waals surface area contributed by atoms with Crippen LogP contribution in [0.15, 0.2) is 109 Å². The number of rotatable bonds is 6. The van der Waals surface area contributed by atoms with Gasteiger partial charge in [-0.05, 0) is 22.8 Å². The van der Waals surface area contributed by atoms with E-state index in [-0.39, 0.29) is 18.5 Å². The maximum absolute atomic E-state index is 6.16. The topological polar surface area (TPSA) is 18.5 Å². The third kappa shape index (κ3) is 5.64. The number of hydrogen-bond donors (Lipinski definition) is 0. The molecule has 1 fully saturated rings. The van der Waals surface area contributed by atoms with Crippen molar-refractivity contribution in [3.63, 3.8) is 0 Å². The molecule has 3 aromatic carbocycles. The zero-order chi connectivity index (χ0) is 19.7. The molecule has 1 aliphatic rings. The van der Waals surface area contributed by atoms with E-state index in [0.29, 0.717) is 0 Å². The second kappa shape index (κ2) is 9.83. The van der Waals surface area contributed by atoms with Gasteiger partial charge in [0.2, 0.25) is 0 Å². The van der Waals surface area contributed by atoms with Gasteiger partial charge in [0.05, 0.1) is 0 Å². The van der Waals surface area contributed by atoms with Crippen LogP contribution in [0.1, 0.15) is 16.7 Å². The Kier molecular flexibility index (Phi) is 6.49. The van der Waals surface area contributed by atoms with Crippen LogP contribution in [0.25, 0.3) is 18.2 Å². The van der Waals surface area contributed by atoms with E-state index in [1.54, 1.807) is 0 Å². The SMILES string of the molecule is C(=C\C1OC(/C=C/c2ccccc2)C(/C=C/c2ccccc2)O1)/c1ccccc1. The van der Waals surface area contributed by atoms with Crippen molar-refractivity contribution in [2.75, 3.05) is 0 Å². The van der Waals surface area contributed by atoms with Crippen molar-refractivity contribution < 1.29 is 9.47 Å². The van der Waals surface area contributed by atoms with Gasteiger partial charge in [0, 0.05) is 0 Å². The number of ether oxygens (including phenoxy) is 2. The van der Waals surface area contributed by atoms with E-state index in [1.807, 2.05) is 66.7 Å². The zero-order valence-corrected chi connectivity index (χ0v) is 16.2. The van der Waals surface area contributed by atoms with E-state index in [9.17, 15) is 0 Å². The summed E-state index contributed by atoms with van der Waals surface area (Å²) in [6, 6.07) is 30.6. The second-order valence-electron chi connectivity index (χ2n) is 6.88. The average molecular weight is 380 g/mol. The van der Waals surface area contributed by atoms with E-state index >= 15 is 0 Å². The van der Waals surface area contributed by atoms with E-state index in [4.69, 9.17) is 9.47 Å². The molecule has 4 rings (SSSR count). The highest BCUT2D eigenvalue weighted by molar-refractivity contribution is 5.52. The van der Waals surface area contributed by atoms with Gasteiger partial charge in [0.15, 0.2) is 6.29 Å². The average Bonchev–Trinajstić information content (AvgIpc) is 3.19. The Morgan fingerprint density at radius 2 is 0.793 bits per heavy atom. The van der Waals surface area contributed by atoms with Gasteiger partial charge in [0.25, 0.3) is 0 Å². The first kappa shape index (κ1) is 19.1. The molecule has 1 saturated heterocycles. The van der Waals surface area contributed by atoms with Gasteiger partial charge < -0.3 is 9.47 Å². The van der Waals surface area contributed by atoms with Crippen molar-refractivity contribution in [1.82, 2.24) is 0 Å².